The summed E-state index contributed by atoms with van der Waals surface area (Å²) < 4.78 is 39.6. The number of halogens is 3. The molecule has 0 fully saturated rings. The van der Waals surface area contributed by atoms with Crippen molar-refractivity contribution in [2.45, 2.75) is 13.1 Å². The zero-order valence-electron chi connectivity index (χ0n) is 16.1. The Kier molecular flexibility index (Phi) is 7.21. The highest BCUT2D eigenvalue weighted by Crippen LogP contribution is 2.32. The van der Waals surface area contributed by atoms with Gasteiger partial charge in [-0.2, -0.15) is 18.4 Å². The normalized spacial score (nSPS) is 11.9. The third-order valence-corrected chi connectivity index (χ3v) is 4.17. The maximum atomic E-state index is 13.2. The number of nitrogens with zero attached hydrogens (tertiary/aromatic N) is 2. The van der Waals surface area contributed by atoms with Crippen molar-refractivity contribution >= 4 is 11.6 Å². The first-order chi connectivity index (χ1) is 14.2. The highest BCUT2D eigenvalue weighted by molar-refractivity contribution is 6.06. The molecule has 0 heterocycles. The van der Waals surface area contributed by atoms with E-state index in [2.05, 4.69) is 6.58 Å². The van der Waals surface area contributed by atoms with Crippen molar-refractivity contribution in [2.24, 2.45) is 0 Å². The lowest BCUT2D eigenvalue weighted by atomic mass is 10.1. The Bertz CT molecular complexity index is 1050. The van der Waals surface area contributed by atoms with E-state index in [4.69, 9.17) is 5.26 Å². The molecule has 2 aromatic carbocycles. The van der Waals surface area contributed by atoms with Gasteiger partial charge >= 0.3 is 6.18 Å². The molecule has 30 heavy (non-hydrogen) atoms. The number of carbonyl (C=O) groups is 1. The predicted molar refractivity (Wildman–Crippen MR) is 109 cm³/mol. The molecule has 2 rings (SSSR count). The van der Waals surface area contributed by atoms with Crippen LogP contribution in [0.4, 0.5) is 18.9 Å². The number of allylic oxidation sites excluding steroid dienone is 2. The topological polar surface area (TPSA) is 64.3 Å². The van der Waals surface area contributed by atoms with Crippen LogP contribution in [0.25, 0.3) is 0 Å². The number of amides is 1. The van der Waals surface area contributed by atoms with Crippen LogP contribution in [0, 0.1) is 11.3 Å². The van der Waals surface area contributed by atoms with Gasteiger partial charge in [0.15, 0.2) is 0 Å². The Hall–Kier alpha value is -3.79. The van der Waals surface area contributed by atoms with Crippen molar-refractivity contribution in [1.82, 2.24) is 0 Å². The summed E-state index contributed by atoms with van der Waals surface area (Å²) in [5, 5.41) is 18.4. The fourth-order valence-electron chi connectivity index (χ4n) is 2.63. The number of hydrogen-bond acceptors (Lipinski definition) is 3. The lowest BCUT2D eigenvalue weighted by Crippen LogP contribution is -2.33. The van der Waals surface area contributed by atoms with Gasteiger partial charge in [0, 0.05) is 11.3 Å². The van der Waals surface area contributed by atoms with Crippen LogP contribution in [0.15, 0.2) is 84.7 Å². The maximum absolute atomic E-state index is 13.2. The van der Waals surface area contributed by atoms with Gasteiger partial charge in [-0.15, -0.1) is 0 Å². The number of aliphatic hydroxyl groups is 1. The molecule has 0 unspecified atom stereocenters. The van der Waals surface area contributed by atoms with E-state index in [0.717, 1.165) is 12.1 Å². The molecule has 0 saturated carbocycles. The number of alkyl halides is 3. The van der Waals surface area contributed by atoms with Crippen molar-refractivity contribution in [3.63, 3.8) is 0 Å². The van der Waals surface area contributed by atoms with Crippen LogP contribution in [-0.4, -0.2) is 17.6 Å². The molecule has 0 aliphatic heterocycles. The lowest BCUT2D eigenvalue weighted by molar-refractivity contribution is -0.137. The number of carbonyl (C=O) groups excluding carboxylic acids is 1. The highest BCUT2D eigenvalue weighted by atomic mass is 19.4. The standard InChI is InChI=1S/C23H19F3N2O2/c1-3-17(11-10-16(2)29)15-28(21-9-5-8-20(13-21)23(24,25)26)22(30)19-7-4-6-18(12-19)14-27/h3-13,29H,2,15H2,1H3/b11-10-,17-3+. The molecule has 0 aromatic heterocycles. The molecule has 0 saturated heterocycles. The van der Waals surface area contributed by atoms with E-state index >= 15 is 0 Å². The van der Waals surface area contributed by atoms with Gasteiger partial charge in [0.2, 0.25) is 0 Å². The summed E-state index contributed by atoms with van der Waals surface area (Å²) in [5.41, 5.74) is 0.148. The minimum Gasteiger partial charge on any atom is -0.509 e. The first-order valence-electron chi connectivity index (χ1n) is 8.86. The van der Waals surface area contributed by atoms with E-state index in [9.17, 15) is 23.1 Å². The van der Waals surface area contributed by atoms with Crippen molar-refractivity contribution < 1.29 is 23.1 Å². The molecule has 0 radical (unpaired) electrons. The molecule has 0 bridgehead atoms. The minimum absolute atomic E-state index is 0.0489. The van der Waals surface area contributed by atoms with Crippen LogP contribution in [0.2, 0.25) is 0 Å². The van der Waals surface area contributed by atoms with Crippen LogP contribution in [0.1, 0.15) is 28.4 Å². The second-order valence-electron chi connectivity index (χ2n) is 6.32. The van der Waals surface area contributed by atoms with Crippen LogP contribution < -0.4 is 4.90 Å². The van der Waals surface area contributed by atoms with Gasteiger partial charge in [0.1, 0.15) is 5.76 Å². The fourth-order valence-corrected chi connectivity index (χ4v) is 2.63. The van der Waals surface area contributed by atoms with Gasteiger partial charge in [-0.25, -0.2) is 0 Å². The molecule has 0 atom stereocenters. The van der Waals surface area contributed by atoms with Crippen molar-refractivity contribution in [2.75, 3.05) is 11.4 Å². The van der Waals surface area contributed by atoms with Crippen LogP contribution in [0.3, 0.4) is 0 Å². The van der Waals surface area contributed by atoms with Crippen molar-refractivity contribution in [1.29, 1.82) is 5.26 Å². The van der Waals surface area contributed by atoms with Gasteiger partial charge < -0.3 is 10.0 Å². The summed E-state index contributed by atoms with van der Waals surface area (Å²) >= 11 is 0. The number of benzene rings is 2. The Balaban J connectivity index is 2.53. The average Bonchev–Trinajstić information content (AvgIpc) is 2.73. The summed E-state index contributed by atoms with van der Waals surface area (Å²) in [6.45, 7) is 4.99. The fraction of sp³-hybridized carbons (Fsp3) is 0.130. The highest BCUT2D eigenvalue weighted by Gasteiger charge is 2.31. The Morgan fingerprint density at radius 2 is 1.90 bits per heavy atom. The third kappa shape index (κ3) is 5.85. The van der Waals surface area contributed by atoms with Gasteiger partial charge in [0.05, 0.1) is 23.7 Å². The molecule has 1 amide bonds. The monoisotopic (exact) mass is 412 g/mol. The number of aliphatic hydroxyl groups excluding tert-OH is 1. The van der Waals surface area contributed by atoms with E-state index in [1.807, 2.05) is 6.07 Å². The maximum Gasteiger partial charge on any atom is 0.416 e. The average molecular weight is 412 g/mol. The van der Waals surface area contributed by atoms with Crippen molar-refractivity contribution in [3.8, 4) is 6.07 Å². The van der Waals surface area contributed by atoms with Crippen molar-refractivity contribution in [3.05, 3.63) is 101 Å². The molecule has 1 N–H and O–H groups in total. The Labute approximate surface area is 172 Å². The smallest absolute Gasteiger partial charge is 0.416 e. The predicted octanol–water partition coefficient (Wildman–Crippen LogP) is 5.80. The van der Waals surface area contributed by atoms with Crippen LogP contribution in [0.5, 0.6) is 0 Å². The number of rotatable bonds is 6. The van der Waals surface area contributed by atoms with E-state index in [-0.39, 0.29) is 29.1 Å². The van der Waals surface area contributed by atoms with Gasteiger partial charge in [-0.05, 0) is 55.0 Å². The molecule has 0 spiro atoms. The Morgan fingerprint density at radius 3 is 2.50 bits per heavy atom. The van der Waals surface area contributed by atoms with Gasteiger partial charge in [-0.3, -0.25) is 4.79 Å². The molecular weight excluding hydrogens is 393 g/mol. The van der Waals surface area contributed by atoms with E-state index in [1.165, 1.54) is 53.5 Å². The van der Waals surface area contributed by atoms with E-state index in [1.54, 1.807) is 13.0 Å². The molecule has 4 nitrogen and oxygen atoms in total. The van der Waals surface area contributed by atoms with E-state index in [0.29, 0.717) is 5.57 Å². The summed E-state index contributed by atoms with van der Waals surface area (Å²) in [4.78, 5) is 14.4. The largest absolute Gasteiger partial charge is 0.509 e. The summed E-state index contributed by atoms with van der Waals surface area (Å²) in [6.07, 6.45) is -0.0647. The zero-order valence-corrected chi connectivity index (χ0v) is 16.1. The summed E-state index contributed by atoms with van der Waals surface area (Å²) in [5.74, 6) is -0.769. The SMILES string of the molecule is C=C(O)/C=C\C(=C/C)CN(C(=O)c1cccc(C#N)c1)c1cccc(C(F)(F)F)c1. The third-order valence-electron chi connectivity index (χ3n) is 4.17. The van der Waals surface area contributed by atoms with Crippen LogP contribution in [-0.2, 0) is 6.18 Å². The molecule has 2 aromatic rings. The second kappa shape index (κ2) is 9.61. The summed E-state index contributed by atoms with van der Waals surface area (Å²) in [6, 6.07) is 12.3. The Morgan fingerprint density at radius 1 is 1.20 bits per heavy atom. The molecular formula is C23H19F3N2O2. The molecule has 154 valence electrons. The zero-order chi connectivity index (χ0) is 22.3. The van der Waals surface area contributed by atoms with E-state index < -0.39 is 17.6 Å². The number of hydrogen-bond donors (Lipinski definition) is 1. The molecule has 0 aliphatic rings. The van der Waals surface area contributed by atoms with Crippen LogP contribution >= 0.6 is 0 Å². The first kappa shape index (κ1) is 22.5. The van der Waals surface area contributed by atoms with Gasteiger partial charge in [-0.1, -0.05) is 30.9 Å². The number of nitriles is 1. The quantitative estimate of drug-likeness (QED) is 0.482. The molecule has 0 aliphatic carbocycles. The lowest BCUT2D eigenvalue weighted by Gasteiger charge is -2.24. The minimum atomic E-state index is -4.57. The summed E-state index contributed by atoms with van der Waals surface area (Å²) in [7, 11) is 0. The van der Waals surface area contributed by atoms with Gasteiger partial charge in [0.25, 0.3) is 5.91 Å². The molecule has 7 heteroatoms. The second-order valence-corrected chi connectivity index (χ2v) is 6.32. The first-order valence-corrected chi connectivity index (χ1v) is 8.86. The number of anilines is 1.